The molecule has 0 saturated heterocycles. The summed E-state index contributed by atoms with van der Waals surface area (Å²) in [5.41, 5.74) is 1.74. The lowest BCUT2D eigenvalue weighted by Gasteiger charge is -2.05. The zero-order valence-corrected chi connectivity index (χ0v) is 15.4. The van der Waals surface area contributed by atoms with Crippen LogP contribution in [0.5, 0.6) is 0 Å². The van der Waals surface area contributed by atoms with E-state index in [-0.39, 0.29) is 11.7 Å². The standard InChI is InChI=1S/C18H15F3N2OS2/c1-11-2-4-12(5-3-11)9-22-16(24)10-25-17-23-14-8-13(18(19,20)21)6-7-15(14)26-17/h2-8H,9-10H2,1H3,(H,22,24). The van der Waals surface area contributed by atoms with E-state index in [9.17, 15) is 18.0 Å². The van der Waals surface area contributed by atoms with Gasteiger partial charge in [-0.05, 0) is 30.7 Å². The number of benzene rings is 2. The van der Waals surface area contributed by atoms with Gasteiger partial charge in [0, 0.05) is 6.54 Å². The van der Waals surface area contributed by atoms with Gasteiger partial charge < -0.3 is 5.32 Å². The van der Waals surface area contributed by atoms with Crippen LogP contribution in [-0.2, 0) is 17.5 Å². The molecule has 0 aliphatic heterocycles. The summed E-state index contributed by atoms with van der Waals surface area (Å²) < 4.78 is 39.5. The summed E-state index contributed by atoms with van der Waals surface area (Å²) in [4.78, 5) is 16.1. The second kappa shape index (κ2) is 7.67. The van der Waals surface area contributed by atoms with Crippen molar-refractivity contribution in [3.8, 4) is 0 Å². The van der Waals surface area contributed by atoms with Gasteiger partial charge in [0.1, 0.15) is 0 Å². The first-order chi connectivity index (χ1) is 12.3. The quantitative estimate of drug-likeness (QED) is 0.615. The number of fused-ring (bicyclic) bond motifs is 1. The fourth-order valence-corrected chi connectivity index (χ4v) is 4.11. The summed E-state index contributed by atoms with van der Waals surface area (Å²) in [6.45, 7) is 2.43. The summed E-state index contributed by atoms with van der Waals surface area (Å²) in [5.74, 6) is 0.0171. The Hall–Kier alpha value is -2.06. The average molecular weight is 396 g/mol. The first-order valence-corrected chi connectivity index (χ1v) is 9.54. The smallest absolute Gasteiger partial charge is 0.351 e. The maximum atomic E-state index is 12.7. The second-order valence-electron chi connectivity index (χ2n) is 5.71. The zero-order valence-electron chi connectivity index (χ0n) is 13.8. The molecule has 1 heterocycles. The average Bonchev–Trinajstić information content (AvgIpc) is 3.01. The third-order valence-electron chi connectivity index (χ3n) is 3.63. The van der Waals surface area contributed by atoms with E-state index in [1.807, 2.05) is 31.2 Å². The Balaban J connectivity index is 1.57. The monoisotopic (exact) mass is 396 g/mol. The number of nitrogens with zero attached hydrogens (tertiary/aromatic N) is 1. The number of aromatic nitrogens is 1. The molecule has 0 aliphatic carbocycles. The summed E-state index contributed by atoms with van der Waals surface area (Å²) in [6.07, 6.45) is -4.39. The van der Waals surface area contributed by atoms with Crippen molar-refractivity contribution in [2.45, 2.75) is 24.0 Å². The molecular formula is C18H15F3N2OS2. The molecule has 0 radical (unpaired) electrons. The van der Waals surface area contributed by atoms with Crippen molar-refractivity contribution in [1.29, 1.82) is 0 Å². The Morgan fingerprint density at radius 2 is 1.92 bits per heavy atom. The van der Waals surface area contributed by atoms with Crippen molar-refractivity contribution < 1.29 is 18.0 Å². The van der Waals surface area contributed by atoms with Gasteiger partial charge in [-0.1, -0.05) is 41.6 Å². The summed E-state index contributed by atoms with van der Waals surface area (Å²) in [7, 11) is 0. The highest BCUT2D eigenvalue weighted by atomic mass is 32.2. The Morgan fingerprint density at radius 1 is 1.19 bits per heavy atom. The van der Waals surface area contributed by atoms with Crippen molar-refractivity contribution in [3.63, 3.8) is 0 Å². The molecule has 26 heavy (non-hydrogen) atoms. The first-order valence-electron chi connectivity index (χ1n) is 7.74. The maximum absolute atomic E-state index is 12.7. The lowest BCUT2D eigenvalue weighted by Crippen LogP contribution is -2.24. The number of halogens is 3. The Labute approximate surface area is 156 Å². The highest BCUT2D eigenvalue weighted by Gasteiger charge is 2.30. The number of rotatable bonds is 5. The van der Waals surface area contributed by atoms with Crippen molar-refractivity contribution in [1.82, 2.24) is 10.3 Å². The minimum atomic E-state index is -4.39. The fourth-order valence-electron chi connectivity index (χ4n) is 2.23. The molecular weight excluding hydrogens is 381 g/mol. The largest absolute Gasteiger partial charge is 0.416 e. The Morgan fingerprint density at radius 3 is 2.62 bits per heavy atom. The van der Waals surface area contributed by atoms with E-state index in [0.29, 0.717) is 21.1 Å². The van der Waals surface area contributed by atoms with E-state index in [4.69, 9.17) is 0 Å². The van der Waals surface area contributed by atoms with Crippen molar-refractivity contribution in [3.05, 3.63) is 59.2 Å². The number of hydrogen-bond donors (Lipinski definition) is 1. The molecule has 3 nitrogen and oxygen atoms in total. The van der Waals surface area contributed by atoms with Crippen LogP contribution in [0, 0.1) is 6.92 Å². The van der Waals surface area contributed by atoms with E-state index in [0.717, 1.165) is 23.3 Å². The van der Waals surface area contributed by atoms with Crippen LogP contribution in [0.15, 0.2) is 46.8 Å². The van der Waals surface area contributed by atoms with Gasteiger partial charge in [-0.3, -0.25) is 4.79 Å². The number of aryl methyl sites for hydroxylation is 1. The van der Waals surface area contributed by atoms with Crippen molar-refractivity contribution in [2.75, 3.05) is 5.75 Å². The number of thioether (sulfide) groups is 1. The number of thiazole rings is 1. The topological polar surface area (TPSA) is 42.0 Å². The van der Waals surface area contributed by atoms with Gasteiger partial charge in [-0.2, -0.15) is 13.2 Å². The van der Waals surface area contributed by atoms with Crippen LogP contribution < -0.4 is 5.32 Å². The summed E-state index contributed by atoms with van der Waals surface area (Å²) >= 11 is 2.50. The van der Waals surface area contributed by atoms with Gasteiger partial charge in [-0.25, -0.2) is 4.98 Å². The zero-order chi connectivity index (χ0) is 18.7. The lowest BCUT2D eigenvalue weighted by molar-refractivity contribution is -0.137. The van der Waals surface area contributed by atoms with E-state index in [1.54, 1.807) is 0 Å². The molecule has 1 N–H and O–H groups in total. The molecule has 0 spiro atoms. The molecule has 3 rings (SSSR count). The molecule has 1 amide bonds. The fraction of sp³-hybridized carbons (Fsp3) is 0.222. The summed E-state index contributed by atoms with van der Waals surface area (Å²) in [6, 6.07) is 11.4. The van der Waals surface area contributed by atoms with Crippen LogP contribution in [-0.4, -0.2) is 16.6 Å². The molecule has 0 atom stereocenters. The van der Waals surface area contributed by atoms with Crippen LogP contribution in [0.2, 0.25) is 0 Å². The van der Waals surface area contributed by atoms with Crippen LogP contribution in [0.4, 0.5) is 13.2 Å². The second-order valence-corrected chi connectivity index (χ2v) is 7.96. The van der Waals surface area contributed by atoms with E-state index in [2.05, 4.69) is 10.3 Å². The highest BCUT2D eigenvalue weighted by molar-refractivity contribution is 8.01. The molecule has 0 fully saturated rings. The number of amides is 1. The van der Waals surface area contributed by atoms with Crippen LogP contribution >= 0.6 is 23.1 Å². The third kappa shape index (κ3) is 4.76. The lowest BCUT2D eigenvalue weighted by atomic mass is 10.1. The predicted molar refractivity (Wildman–Crippen MR) is 98.4 cm³/mol. The van der Waals surface area contributed by atoms with Gasteiger partial charge in [0.25, 0.3) is 0 Å². The SMILES string of the molecule is Cc1ccc(CNC(=O)CSc2nc3cc(C(F)(F)F)ccc3s2)cc1. The third-order valence-corrected chi connectivity index (χ3v) is 5.81. The number of carbonyl (C=O) groups excluding carboxylic acids is 1. The van der Waals surface area contributed by atoms with Crippen molar-refractivity contribution in [2.24, 2.45) is 0 Å². The normalized spacial score (nSPS) is 11.7. The van der Waals surface area contributed by atoms with Crippen LogP contribution in [0.25, 0.3) is 10.2 Å². The maximum Gasteiger partial charge on any atom is 0.416 e. The number of carbonyl (C=O) groups is 1. The number of nitrogens with one attached hydrogen (secondary N) is 1. The van der Waals surface area contributed by atoms with Crippen LogP contribution in [0.1, 0.15) is 16.7 Å². The Kier molecular flexibility index (Phi) is 5.52. The number of hydrogen-bond acceptors (Lipinski definition) is 4. The molecule has 8 heteroatoms. The minimum Gasteiger partial charge on any atom is -0.351 e. The molecule has 2 aromatic carbocycles. The van der Waals surface area contributed by atoms with Crippen LogP contribution in [0.3, 0.4) is 0 Å². The van der Waals surface area contributed by atoms with E-state index in [1.165, 1.54) is 29.2 Å². The Bertz CT molecular complexity index is 920. The van der Waals surface area contributed by atoms with Gasteiger partial charge in [0.2, 0.25) is 5.91 Å². The van der Waals surface area contributed by atoms with E-state index < -0.39 is 11.7 Å². The minimum absolute atomic E-state index is 0.147. The molecule has 0 unspecified atom stereocenters. The molecule has 1 aromatic heterocycles. The predicted octanol–water partition coefficient (Wildman–Crippen LogP) is 5.03. The first kappa shape index (κ1) is 18.7. The van der Waals surface area contributed by atoms with E-state index >= 15 is 0 Å². The molecule has 3 aromatic rings. The molecule has 0 aliphatic rings. The van der Waals surface area contributed by atoms with Gasteiger partial charge in [0.05, 0.1) is 21.5 Å². The summed E-state index contributed by atoms with van der Waals surface area (Å²) in [5, 5.41) is 2.82. The van der Waals surface area contributed by atoms with Crippen molar-refractivity contribution >= 4 is 39.2 Å². The highest BCUT2D eigenvalue weighted by Crippen LogP contribution is 2.35. The number of alkyl halides is 3. The van der Waals surface area contributed by atoms with Gasteiger partial charge in [0.15, 0.2) is 4.34 Å². The van der Waals surface area contributed by atoms with Gasteiger partial charge >= 0.3 is 6.18 Å². The molecule has 136 valence electrons. The molecule has 0 saturated carbocycles. The van der Waals surface area contributed by atoms with Gasteiger partial charge in [-0.15, -0.1) is 11.3 Å². The molecule has 0 bridgehead atoms.